The number of piperidine rings is 1. The molecule has 5 nitrogen and oxygen atoms in total. The zero-order valence-corrected chi connectivity index (χ0v) is 14.8. The summed E-state index contributed by atoms with van der Waals surface area (Å²) in [6, 6.07) is 4.04. The maximum Gasteiger partial charge on any atom is 0.230 e. The van der Waals surface area contributed by atoms with Gasteiger partial charge in [-0.15, -0.1) is 0 Å². The Morgan fingerprint density at radius 2 is 2.12 bits per heavy atom. The molecule has 1 saturated heterocycles. The first kappa shape index (κ1) is 18.1. The Hall–Kier alpha value is -1.66. The van der Waals surface area contributed by atoms with Gasteiger partial charge in [0.2, 0.25) is 12.3 Å². The molecule has 7 heteroatoms. The Morgan fingerprint density at radius 3 is 2.68 bits per heavy atom. The molecule has 1 unspecified atom stereocenters. The fraction of sp³-hybridized carbons (Fsp3) is 0.556. The first-order valence-electron chi connectivity index (χ1n) is 8.65. The predicted octanol–water partition coefficient (Wildman–Crippen LogP) is 1.82. The molecule has 136 valence electrons. The number of carbonyl (C=O) groups excluding carboxylic acids is 2. The number of rotatable bonds is 6. The van der Waals surface area contributed by atoms with Crippen molar-refractivity contribution in [3.63, 3.8) is 0 Å². The summed E-state index contributed by atoms with van der Waals surface area (Å²) in [5.74, 6) is -0.212. The van der Waals surface area contributed by atoms with E-state index in [2.05, 4.69) is 5.32 Å². The van der Waals surface area contributed by atoms with Crippen LogP contribution in [0.3, 0.4) is 0 Å². The highest BCUT2D eigenvalue weighted by Crippen LogP contribution is 2.50. The summed E-state index contributed by atoms with van der Waals surface area (Å²) in [5, 5.41) is 3.24. The fourth-order valence-electron chi connectivity index (χ4n) is 3.62. The smallest absolute Gasteiger partial charge is 0.230 e. The van der Waals surface area contributed by atoms with E-state index in [0.29, 0.717) is 44.0 Å². The monoisotopic (exact) mass is 367 g/mol. The molecule has 2 fully saturated rings. The van der Waals surface area contributed by atoms with Crippen LogP contribution in [-0.2, 0) is 15.0 Å². The zero-order chi connectivity index (χ0) is 18.0. The standard InChI is InChI=1S/C18H23ClFN3O2/c19-15-9-13(20)1-2-14(15)18(5-6-18)17(25)22-10-16(21)12-3-7-23(11-24)8-4-12/h1-2,9,11-12,16H,3-8,10,21H2,(H,22,25). The van der Waals surface area contributed by atoms with Crippen molar-refractivity contribution >= 4 is 23.9 Å². The van der Waals surface area contributed by atoms with E-state index in [1.165, 1.54) is 12.1 Å². The van der Waals surface area contributed by atoms with Crippen molar-refractivity contribution in [1.29, 1.82) is 0 Å². The van der Waals surface area contributed by atoms with Crippen LogP contribution in [0.15, 0.2) is 18.2 Å². The zero-order valence-electron chi connectivity index (χ0n) is 14.0. The molecule has 3 rings (SSSR count). The molecule has 1 atom stereocenters. The van der Waals surface area contributed by atoms with Gasteiger partial charge in [-0.25, -0.2) is 4.39 Å². The average molecular weight is 368 g/mol. The molecule has 1 aliphatic carbocycles. The molecular formula is C18H23ClFN3O2. The minimum atomic E-state index is -0.647. The minimum Gasteiger partial charge on any atom is -0.354 e. The van der Waals surface area contributed by atoms with Gasteiger partial charge < -0.3 is 16.0 Å². The minimum absolute atomic E-state index is 0.0956. The number of nitrogens with one attached hydrogen (secondary N) is 1. The van der Waals surface area contributed by atoms with Crippen molar-refractivity contribution in [2.75, 3.05) is 19.6 Å². The summed E-state index contributed by atoms with van der Waals surface area (Å²) in [7, 11) is 0. The van der Waals surface area contributed by atoms with Gasteiger partial charge in [0, 0.05) is 30.7 Å². The van der Waals surface area contributed by atoms with E-state index in [0.717, 1.165) is 19.3 Å². The molecule has 3 N–H and O–H groups in total. The quantitative estimate of drug-likeness (QED) is 0.753. The third-order valence-electron chi connectivity index (χ3n) is 5.46. The third-order valence-corrected chi connectivity index (χ3v) is 5.77. The Bertz CT molecular complexity index is 658. The molecule has 1 saturated carbocycles. The van der Waals surface area contributed by atoms with E-state index >= 15 is 0 Å². The Kier molecular flexibility index (Phi) is 5.29. The molecular weight excluding hydrogens is 345 g/mol. The number of hydrogen-bond donors (Lipinski definition) is 2. The predicted molar refractivity (Wildman–Crippen MR) is 93.7 cm³/mol. The molecule has 0 radical (unpaired) electrons. The van der Waals surface area contributed by atoms with Crippen LogP contribution >= 0.6 is 11.6 Å². The molecule has 2 amide bonds. The molecule has 2 aliphatic rings. The van der Waals surface area contributed by atoms with Crippen LogP contribution in [-0.4, -0.2) is 42.9 Å². The van der Waals surface area contributed by atoms with Crippen LogP contribution in [0.25, 0.3) is 0 Å². The molecule has 1 heterocycles. The second kappa shape index (κ2) is 7.30. The summed E-state index contributed by atoms with van der Waals surface area (Å²) in [5.41, 5.74) is 6.27. The first-order valence-corrected chi connectivity index (χ1v) is 9.03. The summed E-state index contributed by atoms with van der Waals surface area (Å²) < 4.78 is 13.2. The van der Waals surface area contributed by atoms with Crippen LogP contribution in [0.2, 0.25) is 5.02 Å². The second-order valence-electron chi connectivity index (χ2n) is 7.06. The highest BCUT2D eigenvalue weighted by atomic mass is 35.5. The van der Waals surface area contributed by atoms with Gasteiger partial charge in [0.25, 0.3) is 0 Å². The lowest BCUT2D eigenvalue weighted by atomic mass is 9.89. The first-order chi connectivity index (χ1) is 12.0. The summed E-state index contributed by atoms with van der Waals surface area (Å²) >= 11 is 6.13. The van der Waals surface area contributed by atoms with Gasteiger partial charge in [-0.1, -0.05) is 17.7 Å². The number of amides is 2. The number of halogens is 2. The van der Waals surface area contributed by atoms with Crippen molar-refractivity contribution in [2.45, 2.75) is 37.1 Å². The lowest BCUT2D eigenvalue weighted by Gasteiger charge is -2.33. The van der Waals surface area contributed by atoms with Gasteiger partial charge in [-0.05, 0) is 49.3 Å². The molecule has 0 aromatic heterocycles. The van der Waals surface area contributed by atoms with Crippen molar-refractivity contribution in [1.82, 2.24) is 10.2 Å². The van der Waals surface area contributed by atoms with Crippen LogP contribution in [0.1, 0.15) is 31.2 Å². The normalized spacial score (nSPS) is 20.8. The number of nitrogens with two attached hydrogens (primary N) is 1. The third kappa shape index (κ3) is 3.80. The Balaban J connectivity index is 1.56. The fourth-order valence-corrected chi connectivity index (χ4v) is 3.97. The van der Waals surface area contributed by atoms with Gasteiger partial charge in [0.05, 0.1) is 5.41 Å². The molecule has 0 spiro atoms. The van der Waals surface area contributed by atoms with E-state index < -0.39 is 11.2 Å². The van der Waals surface area contributed by atoms with Crippen molar-refractivity contribution in [2.24, 2.45) is 11.7 Å². The lowest BCUT2D eigenvalue weighted by molar-refractivity contribution is -0.123. The van der Waals surface area contributed by atoms with E-state index in [-0.39, 0.29) is 17.0 Å². The molecule has 1 aromatic rings. The van der Waals surface area contributed by atoms with Gasteiger partial charge in [0.15, 0.2) is 0 Å². The average Bonchev–Trinajstić information content (AvgIpc) is 3.41. The van der Waals surface area contributed by atoms with E-state index in [9.17, 15) is 14.0 Å². The number of likely N-dealkylation sites (tertiary alicyclic amines) is 1. The Labute approximate surface area is 151 Å². The van der Waals surface area contributed by atoms with Gasteiger partial charge >= 0.3 is 0 Å². The maximum absolute atomic E-state index is 13.2. The van der Waals surface area contributed by atoms with Crippen LogP contribution < -0.4 is 11.1 Å². The largest absolute Gasteiger partial charge is 0.354 e. The van der Waals surface area contributed by atoms with Crippen LogP contribution in [0.5, 0.6) is 0 Å². The summed E-state index contributed by atoms with van der Waals surface area (Å²) in [4.78, 5) is 25.2. The molecule has 1 aromatic carbocycles. The van der Waals surface area contributed by atoms with Crippen molar-refractivity contribution in [3.8, 4) is 0 Å². The maximum atomic E-state index is 13.2. The molecule has 0 bridgehead atoms. The van der Waals surface area contributed by atoms with Gasteiger partial charge in [-0.2, -0.15) is 0 Å². The highest BCUT2D eigenvalue weighted by Gasteiger charge is 2.52. The molecule has 25 heavy (non-hydrogen) atoms. The van der Waals surface area contributed by atoms with Crippen LogP contribution in [0, 0.1) is 11.7 Å². The van der Waals surface area contributed by atoms with Crippen molar-refractivity contribution < 1.29 is 14.0 Å². The van der Waals surface area contributed by atoms with E-state index in [1.54, 1.807) is 11.0 Å². The summed E-state index contributed by atoms with van der Waals surface area (Å²) in [6.45, 7) is 1.82. The van der Waals surface area contributed by atoms with Crippen LogP contribution in [0.4, 0.5) is 4.39 Å². The van der Waals surface area contributed by atoms with Crippen molar-refractivity contribution in [3.05, 3.63) is 34.6 Å². The number of nitrogens with zero attached hydrogens (tertiary/aromatic N) is 1. The van der Waals surface area contributed by atoms with E-state index in [1.807, 2.05) is 0 Å². The number of hydrogen-bond acceptors (Lipinski definition) is 3. The summed E-state index contributed by atoms with van der Waals surface area (Å²) in [6.07, 6.45) is 3.98. The topological polar surface area (TPSA) is 75.4 Å². The number of benzene rings is 1. The van der Waals surface area contributed by atoms with Gasteiger partial charge in [-0.3, -0.25) is 9.59 Å². The second-order valence-corrected chi connectivity index (χ2v) is 7.47. The van der Waals surface area contributed by atoms with Gasteiger partial charge in [0.1, 0.15) is 5.82 Å². The SMILES string of the molecule is NC(CNC(=O)C1(c2ccc(F)cc2Cl)CC1)C1CCN(C=O)CC1. The Morgan fingerprint density at radius 1 is 1.44 bits per heavy atom. The lowest BCUT2D eigenvalue weighted by Crippen LogP contribution is -2.48. The highest BCUT2D eigenvalue weighted by molar-refractivity contribution is 6.31. The van der Waals surface area contributed by atoms with E-state index in [4.69, 9.17) is 17.3 Å². The number of carbonyl (C=O) groups is 2. The molecule has 1 aliphatic heterocycles.